The van der Waals surface area contributed by atoms with Gasteiger partial charge in [0.05, 0.1) is 0 Å². The molecular weight excluding hydrogens is 228 g/mol. The van der Waals surface area contributed by atoms with Gasteiger partial charge in [-0.3, -0.25) is 0 Å². The van der Waals surface area contributed by atoms with Gasteiger partial charge in [-0.05, 0) is 23.8 Å². The number of hydrogen-bond acceptors (Lipinski definition) is 0. The standard InChI is InChI=1S/C19H32/c1-4-18(5-2)14-10-7-6-9-13-17(3)19-15-11-8-12-16-19/h8,11-12,15-18H,4-7,9-10,13-14H2,1-3H3. The molecule has 0 aliphatic rings. The van der Waals surface area contributed by atoms with Crippen molar-refractivity contribution in [1.29, 1.82) is 0 Å². The molecule has 0 aromatic heterocycles. The summed E-state index contributed by atoms with van der Waals surface area (Å²) in [6.07, 6.45) is 11.2. The lowest BCUT2D eigenvalue weighted by Crippen LogP contribution is -1.97. The normalized spacial score (nSPS) is 12.8. The van der Waals surface area contributed by atoms with Gasteiger partial charge in [-0.1, -0.05) is 96.0 Å². The Bertz CT molecular complexity index is 297. The zero-order valence-electron chi connectivity index (χ0n) is 13.2. The van der Waals surface area contributed by atoms with E-state index in [1.165, 1.54) is 56.9 Å². The van der Waals surface area contributed by atoms with E-state index in [0.717, 1.165) is 11.8 Å². The summed E-state index contributed by atoms with van der Waals surface area (Å²) in [4.78, 5) is 0. The summed E-state index contributed by atoms with van der Waals surface area (Å²) < 4.78 is 0. The van der Waals surface area contributed by atoms with Gasteiger partial charge in [0.2, 0.25) is 0 Å². The molecule has 1 rings (SSSR count). The summed E-state index contributed by atoms with van der Waals surface area (Å²) >= 11 is 0. The Kier molecular flexibility index (Phi) is 8.62. The van der Waals surface area contributed by atoms with Crippen LogP contribution in [0.1, 0.15) is 83.6 Å². The minimum Gasteiger partial charge on any atom is -0.0651 e. The van der Waals surface area contributed by atoms with E-state index in [1.54, 1.807) is 0 Å². The number of benzene rings is 1. The van der Waals surface area contributed by atoms with Gasteiger partial charge in [0, 0.05) is 0 Å². The van der Waals surface area contributed by atoms with E-state index in [9.17, 15) is 0 Å². The highest BCUT2D eigenvalue weighted by atomic mass is 14.1. The Labute approximate surface area is 120 Å². The van der Waals surface area contributed by atoms with Crippen LogP contribution < -0.4 is 0 Å². The molecule has 0 heteroatoms. The number of unbranched alkanes of at least 4 members (excludes halogenated alkanes) is 3. The lowest BCUT2D eigenvalue weighted by atomic mass is 9.93. The summed E-state index contributed by atoms with van der Waals surface area (Å²) in [6, 6.07) is 10.9. The van der Waals surface area contributed by atoms with E-state index in [0.29, 0.717) is 0 Å². The molecule has 0 heterocycles. The van der Waals surface area contributed by atoms with Crippen LogP contribution in [0.2, 0.25) is 0 Å². The highest BCUT2D eigenvalue weighted by Gasteiger charge is 2.05. The highest BCUT2D eigenvalue weighted by Crippen LogP contribution is 2.22. The van der Waals surface area contributed by atoms with Gasteiger partial charge in [0.1, 0.15) is 0 Å². The summed E-state index contributed by atoms with van der Waals surface area (Å²) in [5, 5.41) is 0. The third-order valence-electron chi connectivity index (χ3n) is 4.52. The molecule has 0 radical (unpaired) electrons. The molecule has 0 aliphatic heterocycles. The Morgan fingerprint density at radius 1 is 0.789 bits per heavy atom. The maximum absolute atomic E-state index is 2.36. The van der Waals surface area contributed by atoms with Crippen LogP contribution in [0.25, 0.3) is 0 Å². The minimum absolute atomic E-state index is 0.722. The zero-order valence-corrected chi connectivity index (χ0v) is 13.2. The van der Waals surface area contributed by atoms with Crippen molar-refractivity contribution >= 4 is 0 Å². The molecule has 0 nitrogen and oxygen atoms in total. The smallest absolute Gasteiger partial charge is 0.0190 e. The zero-order chi connectivity index (χ0) is 13.9. The van der Waals surface area contributed by atoms with Gasteiger partial charge in [-0.25, -0.2) is 0 Å². The molecule has 0 saturated carbocycles. The van der Waals surface area contributed by atoms with Crippen molar-refractivity contribution in [2.75, 3.05) is 0 Å². The van der Waals surface area contributed by atoms with Gasteiger partial charge in [0.15, 0.2) is 0 Å². The first-order valence-electron chi connectivity index (χ1n) is 8.32. The fourth-order valence-corrected chi connectivity index (χ4v) is 2.88. The fourth-order valence-electron chi connectivity index (χ4n) is 2.88. The summed E-state index contributed by atoms with van der Waals surface area (Å²) in [5.74, 6) is 1.70. The number of hydrogen-bond donors (Lipinski definition) is 0. The largest absolute Gasteiger partial charge is 0.0651 e. The van der Waals surface area contributed by atoms with E-state index in [2.05, 4.69) is 51.1 Å². The first-order chi connectivity index (χ1) is 9.27. The molecule has 0 amide bonds. The van der Waals surface area contributed by atoms with E-state index < -0.39 is 0 Å². The first kappa shape index (κ1) is 16.3. The third kappa shape index (κ3) is 6.80. The highest BCUT2D eigenvalue weighted by molar-refractivity contribution is 5.18. The van der Waals surface area contributed by atoms with E-state index >= 15 is 0 Å². The Morgan fingerprint density at radius 3 is 1.95 bits per heavy atom. The van der Waals surface area contributed by atoms with Crippen LogP contribution in [0, 0.1) is 5.92 Å². The van der Waals surface area contributed by atoms with Crippen molar-refractivity contribution in [3.05, 3.63) is 35.9 Å². The molecule has 19 heavy (non-hydrogen) atoms. The van der Waals surface area contributed by atoms with Crippen LogP contribution in [0.4, 0.5) is 0 Å². The lowest BCUT2D eigenvalue weighted by Gasteiger charge is -2.13. The van der Waals surface area contributed by atoms with Crippen molar-refractivity contribution in [3.8, 4) is 0 Å². The predicted molar refractivity (Wildman–Crippen MR) is 86.6 cm³/mol. The van der Waals surface area contributed by atoms with Crippen LogP contribution in [0.3, 0.4) is 0 Å². The topological polar surface area (TPSA) is 0 Å². The first-order valence-corrected chi connectivity index (χ1v) is 8.32. The Hall–Kier alpha value is -0.780. The molecule has 0 spiro atoms. The molecule has 108 valence electrons. The molecule has 1 aromatic carbocycles. The Morgan fingerprint density at radius 2 is 1.37 bits per heavy atom. The molecule has 0 N–H and O–H groups in total. The average Bonchev–Trinajstić information content (AvgIpc) is 2.47. The van der Waals surface area contributed by atoms with Gasteiger partial charge >= 0.3 is 0 Å². The Balaban J connectivity index is 2.05. The molecule has 0 aliphatic carbocycles. The van der Waals surface area contributed by atoms with Crippen molar-refractivity contribution in [3.63, 3.8) is 0 Å². The molecule has 1 aromatic rings. The van der Waals surface area contributed by atoms with Crippen LogP contribution in [0.15, 0.2) is 30.3 Å². The predicted octanol–water partition coefficient (Wildman–Crippen LogP) is 6.57. The van der Waals surface area contributed by atoms with Crippen molar-refractivity contribution in [2.24, 2.45) is 5.92 Å². The third-order valence-corrected chi connectivity index (χ3v) is 4.52. The summed E-state index contributed by atoms with van der Waals surface area (Å²) in [7, 11) is 0. The molecule has 0 bridgehead atoms. The molecular formula is C19H32. The van der Waals surface area contributed by atoms with Crippen molar-refractivity contribution < 1.29 is 0 Å². The van der Waals surface area contributed by atoms with Crippen molar-refractivity contribution in [1.82, 2.24) is 0 Å². The average molecular weight is 260 g/mol. The summed E-state index contributed by atoms with van der Waals surface area (Å²) in [5.41, 5.74) is 1.50. The SMILES string of the molecule is CCC(CC)CCCCCCC(C)c1ccccc1. The fraction of sp³-hybridized carbons (Fsp3) is 0.684. The van der Waals surface area contributed by atoms with Crippen LogP contribution in [-0.2, 0) is 0 Å². The summed E-state index contributed by atoms with van der Waals surface area (Å²) in [6.45, 7) is 7.02. The van der Waals surface area contributed by atoms with Gasteiger partial charge in [0.25, 0.3) is 0 Å². The van der Waals surface area contributed by atoms with E-state index in [-0.39, 0.29) is 0 Å². The molecule has 0 fully saturated rings. The molecule has 1 unspecified atom stereocenters. The lowest BCUT2D eigenvalue weighted by molar-refractivity contribution is 0.425. The maximum Gasteiger partial charge on any atom is -0.0190 e. The monoisotopic (exact) mass is 260 g/mol. The second-order valence-corrected chi connectivity index (χ2v) is 5.99. The second-order valence-electron chi connectivity index (χ2n) is 5.99. The maximum atomic E-state index is 2.36. The van der Waals surface area contributed by atoms with Crippen LogP contribution in [-0.4, -0.2) is 0 Å². The molecule has 1 atom stereocenters. The van der Waals surface area contributed by atoms with Crippen molar-refractivity contribution in [2.45, 2.75) is 78.1 Å². The van der Waals surface area contributed by atoms with E-state index in [4.69, 9.17) is 0 Å². The van der Waals surface area contributed by atoms with Crippen LogP contribution in [0.5, 0.6) is 0 Å². The van der Waals surface area contributed by atoms with Gasteiger partial charge < -0.3 is 0 Å². The van der Waals surface area contributed by atoms with E-state index in [1.807, 2.05) is 0 Å². The van der Waals surface area contributed by atoms with Crippen LogP contribution >= 0.6 is 0 Å². The molecule has 0 saturated heterocycles. The van der Waals surface area contributed by atoms with Gasteiger partial charge in [-0.2, -0.15) is 0 Å². The second kappa shape index (κ2) is 10.1. The quantitative estimate of drug-likeness (QED) is 0.417. The minimum atomic E-state index is 0.722. The van der Waals surface area contributed by atoms with Gasteiger partial charge in [-0.15, -0.1) is 0 Å². The number of rotatable bonds is 10.